The van der Waals surface area contributed by atoms with E-state index in [1.807, 2.05) is 4.90 Å². The van der Waals surface area contributed by atoms with Crippen LogP contribution in [-0.2, 0) is 24.9 Å². The van der Waals surface area contributed by atoms with Crippen molar-refractivity contribution in [3.8, 4) is 0 Å². The first-order chi connectivity index (χ1) is 15.9. The van der Waals surface area contributed by atoms with Crippen molar-refractivity contribution in [2.24, 2.45) is 24.8 Å². The third kappa shape index (κ3) is 3.47. The van der Waals surface area contributed by atoms with Gasteiger partial charge in [-0.05, 0) is 74.0 Å². The molecule has 4 bridgehead atoms. The van der Waals surface area contributed by atoms with Crippen LogP contribution in [0.2, 0.25) is 0 Å². The lowest BCUT2D eigenvalue weighted by Gasteiger charge is -2.60. The topological polar surface area (TPSA) is 73.0 Å². The zero-order valence-electron chi connectivity index (χ0n) is 18.8. The van der Waals surface area contributed by atoms with Crippen molar-refractivity contribution in [2.75, 3.05) is 0 Å². The van der Waals surface area contributed by atoms with Crippen LogP contribution in [0, 0.1) is 23.6 Å². The number of halogens is 1. The Hall–Kier alpha value is -3.03. The van der Waals surface area contributed by atoms with Gasteiger partial charge in [0.05, 0.1) is 6.20 Å². The van der Waals surface area contributed by atoms with Crippen LogP contribution >= 0.6 is 0 Å². The van der Waals surface area contributed by atoms with E-state index in [1.54, 1.807) is 23.9 Å². The van der Waals surface area contributed by atoms with Gasteiger partial charge in [0.15, 0.2) is 5.65 Å². The van der Waals surface area contributed by atoms with E-state index in [2.05, 4.69) is 10.1 Å². The molecule has 3 aromatic rings. The molecule has 0 N–H and O–H groups in total. The van der Waals surface area contributed by atoms with Crippen molar-refractivity contribution in [3.05, 3.63) is 58.5 Å². The van der Waals surface area contributed by atoms with Crippen molar-refractivity contribution in [1.29, 1.82) is 0 Å². The first-order valence-corrected chi connectivity index (χ1v) is 11.8. The summed E-state index contributed by atoms with van der Waals surface area (Å²) in [6.07, 6.45) is 9.86. The largest absolute Gasteiger partial charge is 0.331 e. The van der Waals surface area contributed by atoms with Gasteiger partial charge in [0.25, 0.3) is 5.56 Å². The summed E-state index contributed by atoms with van der Waals surface area (Å²) in [5.74, 6) is 1.67. The Morgan fingerprint density at radius 1 is 1.12 bits per heavy atom. The third-order valence-corrected chi connectivity index (χ3v) is 8.16. The van der Waals surface area contributed by atoms with E-state index in [0.717, 1.165) is 24.8 Å². The predicted octanol–water partition coefficient (Wildman–Crippen LogP) is 3.27. The third-order valence-electron chi connectivity index (χ3n) is 8.16. The van der Waals surface area contributed by atoms with E-state index >= 15 is 0 Å². The Morgan fingerprint density at radius 3 is 2.39 bits per heavy atom. The summed E-state index contributed by atoms with van der Waals surface area (Å²) in [6.45, 7) is 0.377. The van der Waals surface area contributed by atoms with Crippen LogP contribution in [0.4, 0.5) is 4.39 Å². The molecule has 0 unspecified atom stereocenters. The molecule has 1 aromatic carbocycles. The average molecular weight is 450 g/mol. The Morgan fingerprint density at radius 2 is 1.76 bits per heavy atom. The number of aryl methyl sites for hydroxylation is 1. The van der Waals surface area contributed by atoms with E-state index < -0.39 is 0 Å². The van der Waals surface area contributed by atoms with E-state index in [9.17, 15) is 14.0 Å². The minimum absolute atomic E-state index is 0.0559. The molecule has 0 radical (unpaired) electrons. The molecule has 4 saturated carbocycles. The Bertz CT molecular complexity index is 1240. The van der Waals surface area contributed by atoms with Crippen LogP contribution in [0.1, 0.15) is 44.1 Å². The SMILES string of the molecule is Cn1ncc2c(=O)n(CC(=O)N(Cc3ccc(F)cc3)C34CC5CC(CC(C5)C3)C4)cnc21. The van der Waals surface area contributed by atoms with Gasteiger partial charge in [-0.25, -0.2) is 9.37 Å². The molecule has 33 heavy (non-hydrogen) atoms. The van der Waals surface area contributed by atoms with Crippen LogP contribution in [0.3, 0.4) is 0 Å². The van der Waals surface area contributed by atoms with E-state index in [1.165, 1.54) is 48.5 Å². The number of rotatable bonds is 5. The van der Waals surface area contributed by atoms with Crippen LogP contribution < -0.4 is 5.56 Å². The number of aromatic nitrogens is 4. The number of carbonyl (C=O) groups is 1. The summed E-state index contributed by atoms with van der Waals surface area (Å²) in [4.78, 5) is 33.2. The Labute approximate surface area is 191 Å². The summed E-state index contributed by atoms with van der Waals surface area (Å²) in [5, 5.41) is 4.53. The number of carbonyl (C=O) groups excluding carboxylic acids is 1. The highest BCUT2D eigenvalue weighted by atomic mass is 19.1. The summed E-state index contributed by atoms with van der Waals surface area (Å²) in [5.41, 5.74) is 0.991. The number of benzene rings is 1. The lowest BCUT2D eigenvalue weighted by atomic mass is 9.52. The molecule has 7 nitrogen and oxygen atoms in total. The molecule has 2 heterocycles. The highest BCUT2D eigenvalue weighted by Gasteiger charge is 2.54. The Balaban J connectivity index is 1.35. The minimum atomic E-state index is -0.283. The first kappa shape index (κ1) is 20.6. The molecule has 4 aliphatic rings. The van der Waals surface area contributed by atoms with Gasteiger partial charge in [0.2, 0.25) is 5.91 Å². The highest BCUT2D eigenvalue weighted by molar-refractivity contribution is 5.78. The van der Waals surface area contributed by atoms with Crippen molar-refractivity contribution in [3.63, 3.8) is 0 Å². The number of hydrogen-bond acceptors (Lipinski definition) is 4. The average Bonchev–Trinajstić information content (AvgIpc) is 3.15. The van der Waals surface area contributed by atoms with E-state index in [0.29, 0.717) is 35.3 Å². The maximum atomic E-state index is 13.8. The second kappa shape index (κ2) is 7.50. The van der Waals surface area contributed by atoms with Gasteiger partial charge < -0.3 is 4.90 Å². The van der Waals surface area contributed by atoms with Gasteiger partial charge in [-0.3, -0.25) is 18.8 Å². The normalized spacial score (nSPS) is 27.9. The fraction of sp³-hybridized carbons (Fsp3) is 0.520. The Kier molecular flexibility index (Phi) is 4.67. The van der Waals surface area contributed by atoms with Crippen LogP contribution in [0.5, 0.6) is 0 Å². The van der Waals surface area contributed by atoms with Crippen molar-refractivity contribution in [2.45, 2.75) is 57.2 Å². The highest BCUT2D eigenvalue weighted by Crippen LogP contribution is 2.58. The van der Waals surface area contributed by atoms with Crippen LogP contribution in [-0.4, -0.2) is 35.7 Å². The van der Waals surface area contributed by atoms with Crippen molar-refractivity contribution >= 4 is 16.9 Å². The summed E-state index contributed by atoms with van der Waals surface area (Å²) < 4.78 is 16.5. The van der Waals surface area contributed by atoms with Gasteiger partial charge in [-0.1, -0.05) is 12.1 Å². The molecule has 7 rings (SSSR count). The van der Waals surface area contributed by atoms with Gasteiger partial charge >= 0.3 is 0 Å². The number of nitrogens with zero attached hydrogens (tertiary/aromatic N) is 5. The van der Waals surface area contributed by atoms with Crippen molar-refractivity contribution in [1.82, 2.24) is 24.2 Å². The van der Waals surface area contributed by atoms with Crippen molar-refractivity contribution < 1.29 is 9.18 Å². The fourth-order valence-electron chi connectivity index (χ4n) is 7.10. The predicted molar refractivity (Wildman–Crippen MR) is 121 cm³/mol. The minimum Gasteiger partial charge on any atom is -0.331 e. The van der Waals surface area contributed by atoms with Crippen LogP contribution in [0.25, 0.3) is 11.0 Å². The molecule has 0 saturated heterocycles. The van der Waals surface area contributed by atoms with Gasteiger partial charge in [0, 0.05) is 19.1 Å². The molecule has 8 heteroatoms. The summed E-state index contributed by atoms with van der Waals surface area (Å²) in [7, 11) is 1.74. The number of fused-ring (bicyclic) bond motifs is 1. The quantitative estimate of drug-likeness (QED) is 0.599. The fourth-order valence-corrected chi connectivity index (χ4v) is 7.10. The molecule has 172 valence electrons. The van der Waals surface area contributed by atoms with Gasteiger partial charge in [-0.15, -0.1) is 0 Å². The van der Waals surface area contributed by atoms with Gasteiger partial charge in [-0.2, -0.15) is 5.10 Å². The standard InChI is InChI=1S/C25H28FN5O2/c1-29-23-21(12-28-29)24(33)30(15-27-23)14-22(32)31(13-16-2-4-20(26)5-3-16)25-9-17-6-18(10-25)8-19(7-17)11-25/h2-5,12,15,17-19H,6-11,13-14H2,1H3. The molecule has 0 atom stereocenters. The summed E-state index contributed by atoms with van der Waals surface area (Å²) >= 11 is 0. The van der Waals surface area contributed by atoms with E-state index in [-0.39, 0.29) is 29.4 Å². The first-order valence-electron chi connectivity index (χ1n) is 11.8. The lowest BCUT2D eigenvalue weighted by molar-refractivity contribution is -0.153. The number of amides is 1. The zero-order valence-corrected chi connectivity index (χ0v) is 18.8. The molecule has 1 amide bonds. The van der Waals surface area contributed by atoms with Crippen LogP contribution in [0.15, 0.2) is 41.6 Å². The molecular weight excluding hydrogens is 421 g/mol. The van der Waals surface area contributed by atoms with E-state index in [4.69, 9.17) is 0 Å². The monoisotopic (exact) mass is 449 g/mol. The number of hydrogen-bond donors (Lipinski definition) is 0. The zero-order chi connectivity index (χ0) is 22.7. The molecular formula is C25H28FN5O2. The molecule has 0 aliphatic heterocycles. The molecule has 4 aliphatic carbocycles. The molecule has 0 spiro atoms. The maximum absolute atomic E-state index is 13.8. The smallest absolute Gasteiger partial charge is 0.264 e. The molecule has 2 aromatic heterocycles. The second-order valence-corrected chi connectivity index (χ2v) is 10.4. The maximum Gasteiger partial charge on any atom is 0.264 e. The molecule has 4 fully saturated rings. The van der Waals surface area contributed by atoms with Gasteiger partial charge in [0.1, 0.15) is 24.1 Å². The second-order valence-electron chi connectivity index (χ2n) is 10.4. The lowest BCUT2D eigenvalue weighted by Crippen LogP contribution is -2.61. The summed E-state index contributed by atoms with van der Waals surface area (Å²) in [6, 6.07) is 6.40.